The zero-order chi connectivity index (χ0) is 42.8. The molecule has 1 atom stereocenters. The van der Waals surface area contributed by atoms with Gasteiger partial charge in [0.25, 0.3) is 0 Å². The summed E-state index contributed by atoms with van der Waals surface area (Å²) in [4.78, 5) is 23.9. The Balaban J connectivity index is 3.40. The largest absolute Gasteiger partial charge is 0.479 e. The van der Waals surface area contributed by atoms with Gasteiger partial charge in [-0.15, -0.1) is 0 Å². The molecule has 59 heavy (non-hydrogen) atoms. The molecule has 0 aromatic carbocycles. The molecule has 0 aliphatic heterocycles. The van der Waals surface area contributed by atoms with Gasteiger partial charge in [0.2, 0.25) is 0 Å². The minimum absolute atomic E-state index is 0.323. The molecule has 0 aliphatic carbocycles. The average molecular weight is 827 g/mol. The predicted octanol–water partition coefficient (Wildman–Crippen LogP) is 18.9. The van der Waals surface area contributed by atoms with E-state index in [0.717, 1.165) is 70.6 Å². The van der Waals surface area contributed by atoms with E-state index in [1.54, 1.807) is 0 Å². The predicted molar refractivity (Wildman–Crippen MR) is 259 cm³/mol. The van der Waals surface area contributed by atoms with Crippen LogP contribution >= 0.6 is 0 Å². The van der Waals surface area contributed by atoms with E-state index in [9.17, 15) is 14.7 Å². The minimum Gasteiger partial charge on any atom is -0.479 e. The van der Waals surface area contributed by atoms with Crippen LogP contribution in [0.5, 0.6) is 0 Å². The van der Waals surface area contributed by atoms with Gasteiger partial charge in [0.1, 0.15) is 0 Å². The van der Waals surface area contributed by atoms with Gasteiger partial charge in [-0.3, -0.25) is 4.79 Å². The molecule has 0 spiro atoms. The van der Waals surface area contributed by atoms with Crippen LogP contribution in [0.25, 0.3) is 0 Å². The third-order valence-corrected chi connectivity index (χ3v) is 12.2. The second-order valence-electron chi connectivity index (χ2n) is 18.0. The zero-order valence-corrected chi connectivity index (χ0v) is 39.8. The van der Waals surface area contributed by atoms with Gasteiger partial charge >= 0.3 is 11.9 Å². The summed E-state index contributed by atoms with van der Waals surface area (Å²) in [5.41, 5.74) is 0. The maximum Gasteiger partial charge on any atom is 0.345 e. The van der Waals surface area contributed by atoms with Crippen molar-refractivity contribution in [2.75, 3.05) is 0 Å². The number of hydrogen-bond donors (Lipinski definition) is 1. The molecule has 0 aromatic heterocycles. The molecule has 0 fully saturated rings. The summed E-state index contributed by atoms with van der Waals surface area (Å²) in [6.45, 7) is 4.46. The van der Waals surface area contributed by atoms with Crippen molar-refractivity contribution < 1.29 is 19.4 Å². The number of unbranched alkanes of at least 4 members (excludes halogenated alkanes) is 37. The number of carboxylic acids is 1. The van der Waals surface area contributed by atoms with Gasteiger partial charge in [0, 0.05) is 6.42 Å². The topological polar surface area (TPSA) is 63.6 Å². The van der Waals surface area contributed by atoms with Gasteiger partial charge in [0.05, 0.1) is 0 Å². The van der Waals surface area contributed by atoms with Crippen LogP contribution in [0.2, 0.25) is 0 Å². The van der Waals surface area contributed by atoms with Crippen molar-refractivity contribution >= 4 is 11.9 Å². The van der Waals surface area contributed by atoms with E-state index >= 15 is 0 Å². The highest BCUT2D eigenvalue weighted by molar-refractivity contribution is 5.77. The Morgan fingerprint density at radius 1 is 0.390 bits per heavy atom. The molecule has 0 heterocycles. The van der Waals surface area contributed by atoms with Crippen molar-refractivity contribution in [2.45, 2.75) is 302 Å². The molecule has 1 unspecified atom stereocenters. The molecule has 0 bridgehead atoms. The third-order valence-electron chi connectivity index (χ3n) is 12.2. The summed E-state index contributed by atoms with van der Waals surface area (Å²) in [7, 11) is 0. The lowest BCUT2D eigenvalue weighted by Crippen LogP contribution is -2.27. The first kappa shape index (κ1) is 57.2. The van der Waals surface area contributed by atoms with E-state index < -0.39 is 12.1 Å². The highest BCUT2D eigenvalue weighted by atomic mass is 16.6. The lowest BCUT2D eigenvalue weighted by Gasteiger charge is -2.13. The van der Waals surface area contributed by atoms with Gasteiger partial charge in [0.15, 0.2) is 6.10 Å². The minimum atomic E-state index is -1.01. The van der Waals surface area contributed by atoms with Crippen LogP contribution in [-0.4, -0.2) is 23.1 Å². The van der Waals surface area contributed by atoms with Crippen LogP contribution < -0.4 is 0 Å². The van der Waals surface area contributed by atoms with E-state index in [1.807, 2.05) is 0 Å². The number of carbonyl (C=O) groups is 2. The van der Waals surface area contributed by atoms with E-state index in [2.05, 4.69) is 50.3 Å². The van der Waals surface area contributed by atoms with Crippen molar-refractivity contribution in [1.29, 1.82) is 0 Å². The Hall–Kier alpha value is -1.84. The number of hydrogen-bond acceptors (Lipinski definition) is 3. The fraction of sp³-hybridized carbons (Fsp3) is 0.855. The van der Waals surface area contributed by atoms with Crippen LogP contribution in [0.4, 0.5) is 0 Å². The quantitative estimate of drug-likeness (QED) is 0.0377. The molecular weight excluding hydrogens is 725 g/mol. The summed E-state index contributed by atoms with van der Waals surface area (Å²) < 4.78 is 5.34. The van der Waals surface area contributed by atoms with E-state index in [0.29, 0.717) is 12.8 Å². The highest BCUT2D eigenvalue weighted by Crippen LogP contribution is 2.18. The molecule has 0 saturated carbocycles. The Morgan fingerprint density at radius 3 is 1.05 bits per heavy atom. The number of allylic oxidation sites excluding steroid dienone is 6. The van der Waals surface area contributed by atoms with Crippen molar-refractivity contribution in [3.63, 3.8) is 0 Å². The Bertz CT molecular complexity index is 935. The van der Waals surface area contributed by atoms with Gasteiger partial charge in [-0.25, -0.2) is 4.79 Å². The maximum absolute atomic E-state index is 12.3. The van der Waals surface area contributed by atoms with E-state index in [1.165, 1.54) is 199 Å². The molecule has 0 saturated heterocycles. The van der Waals surface area contributed by atoms with Crippen molar-refractivity contribution in [3.8, 4) is 0 Å². The van der Waals surface area contributed by atoms with E-state index in [4.69, 9.17) is 4.74 Å². The highest BCUT2D eigenvalue weighted by Gasteiger charge is 2.21. The fourth-order valence-electron chi connectivity index (χ4n) is 8.22. The summed E-state index contributed by atoms with van der Waals surface area (Å²) in [5, 5.41) is 9.56. The van der Waals surface area contributed by atoms with Crippen molar-refractivity contribution in [2.24, 2.45) is 0 Å². The first-order valence-electron chi connectivity index (χ1n) is 26.5. The van der Waals surface area contributed by atoms with Gasteiger partial charge in [-0.2, -0.15) is 0 Å². The average Bonchev–Trinajstić information content (AvgIpc) is 3.23. The maximum atomic E-state index is 12.3. The SMILES string of the molecule is CC/C=C\C/C=C\C/C=C\CCCCCCCC(=O)OC(CCCCCCCCCCCCCCCCCCCCCCCCCCCCCCCCCCC)C(=O)O. The van der Waals surface area contributed by atoms with Gasteiger partial charge in [-0.1, -0.05) is 275 Å². The van der Waals surface area contributed by atoms with E-state index in [-0.39, 0.29) is 5.97 Å². The molecular formula is C55H102O4. The standard InChI is InChI=1S/C55H102O4/c1-3-5-7-9-11-13-15-17-19-20-21-22-23-24-25-26-27-28-29-30-31-32-33-34-35-36-38-39-41-43-45-47-49-51-53(55(57)58)59-54(56)52-50-48-46-44-42-40-37-18-16-14-12-10-8-6-4-2/h6,8,12,14,18,37,53H,3-5,7,9-11,13,15-17,19-36,38-52H2,1-2H3,(H,57,58)/b8-6-,14-12-,37-18-. The molecule has 0 rings (SSSR count). The smallest absolute Gasteiger partial charge is 0.345 e. The molecule has 4 heteroatoms. The molecule has 346 valence electrons. The van der Waals surface area contributed by atoms with Crippen LogP contribution in [0.1, 0.15) is 296 Å². The second kappa shape index (κ2) is 50.5. The molecule has 1 N–H and O–H groups in total. The molecule has 0 aliphatic rings. The lowest BCUT2D eigenvalue weighted by atomic mass is 10.0. The van der Waals surface area contributed by atoms with Crippen LogP contribution in [0.3, 0.4) is 0 Å². The molecule has 0 radical (unpaired) electrons. The third kappa shape index (κ3) is 48.7. The fourth-order valence-corrected chi connectivity index (χ4v) is 8.22. The number of aliphatic carboxylic acids is 1. The number of carbonyl (C=O) groups excluding carboxylic acids is 1. The van der Waals surface area contributed by atoms with Crippen molar-refractivity contribution in [1.82, 2.24) is 0 Å². The molecule has 0 aromatic rings. The first-order valence-corrected chi connectivity index (χ1v) is 26.5. The summed E-state index contributed by atoms with van der Waals surface area (Å²) in [5.74, 6) is -1.37. The number of ether oxygens (including phenoxy) is 1. The van der Waals surface area contributed by atoms with Crippen LogP contribution in [0, 0.1) is 0 Å². The zero-order valence-electron chi connectivity index (χ0n) is 39.8. The van der Waals surface area contributed by atoms with Crippen molar-refractivity contribution in [3.05, 3.63) is 36.5 Å². The van der Waals surface area contributed by atoms with Gasteiger partial charge < -0.3 is 9.84 Å². The Morgan fingerprint density at radius 2 is 0.695 bits per heavy atom. The number of esters is 1. The monoisotopic (exact) mass is 827 g/mol. The molecule has 4 nitrogen and oxygen atoms in total. The second-order valence-corrected chi connectivity index (χ2v) is 18.0. The van der Waals surface area contributed by atoms with Crippen LogP contribution in [0.15, 0.2) is 36.5 Å². The Kier molecular flexibility index (Phi) is 48.9. The summed E-state index contributed by atoms with van der Waals surface area (Å²) in [6, 6.07) is 0. The Labute approximate surface area is 369 Å². The first-order chi connectivity index (χ1) is 29.1. The summed E-state index contributed by atoms with van der Waals surface area (Å²) in [6.07, 6.45) is 68.2. The molecule has 0 amide bonds. The lowest BCUT2D eigenvalue weighted by molar-refractivity contribution is -0.164. The summed E-state index contributed by atoms with van der Waals surface area (Å²) >= 11 is 0. The number of rotatable bonds is 49. The number of carboxylic acid groups (broad SMARTS) is 1. The van der Waals surface area contributed by atoms with Crippen LogP contribution in [-0.2, 0) is 14.3 Å². The van der Waals surface area contributed by atoms with Gasteiger partial charge in [-0.05, 0) is 51.4 Å². The normalized spacial score (nSPS) is 12.4.